The van der Waals surface area contributed by atoms with Gasteiger partial charge in [0, 0.05) is 19.2 Å². The van der Waals surface area contributed by atoms with Gasteiger partial charge in [0.05, 0.1) is 0 Å². The van der Waals surface area contributed by atoms with Crippen LogP contribution in [0.4, 0.5) is 11.6 Å². The molecular weight excluding hydrogens is 238 g/mol. The summed E-state index contributed by atoms with van der Waals surface area (Å²) in [6.45, 7) is 3.04. The van der Waals surface area contributed by atoms with Crippen molar-refractivity contribution in [3.63, 3.8) is 0 Å². The maximum Gasteiger partial charge on any atom is 0.191 e. The lowest BCUT2D eigenvalue weighted by atomic mass is 10.2. The van der Waals surface area contributed by atoms with E-state index in [0.29, 0.717) is 11.6 Å². The maximum atomic E-state index is 4.49. The Hall–Kier alpha value is -2.17. The Bertz CT molecular complexity index is 512. The summed E-state index contributed by atoms with van der Waals surface area (Å²) in [6.07, 6.45) is 2.25. The third kappa shape index (κ3) is 3.40. The monoisotopic (exact) mass is 257 g/mol. The highest BCUT2D eigenvalue weighted by molar-refractivity contribution is 5.63. The molecule has 0 atom stereocenters. The number of hydrogen-bond acceptors (Lipinski definition) is 5. The second-order valence-corrected chi connectivity index (χ2v) is 4.23. The van der Waals surface area contributed by atoms with Gasteiger partial charge in [0.1, 0.15) is 0 Å². The van der Waals surface area contributed by atoms with E-state index in [1.807, 2.05) is 37.4 Å². The zero-order valence-corrected chi connectivity index (χ0v) is 11.3. The molecule has 0 saturated heterocycles. The Labute approximate surface area is 113 Å². The lowest BCUT2D eigenvalue weighted by Crippen LogP contribution is -2.09. The molecular formula is C14H19N5. The molecule has 2 N–H and O–H groups in total. The van der Waals surface area contributed by atoms with Crippen molar-refractivity contribution < 1.29 is 0 Å². The van der Waals surface area contributed by atoms with Crippen molar-refractivity contribution in [3.8, 4) is 11.4 Å². The number of aromatic nitrogens is 3. The number of benzene rings is 1. The van der Waals surface area contributed by atoms with Crippen molar-refractivity contribution in [2.24, 2.45) is 0 Å². The number of rotatable bonds is 6. The Morgan fingerprint density at radius 1 is 1.05 bits per heavy atom. The molecule has 1 aromatic carbocycles. The molecule has 1 aromatic heterocycles. The van der Waals surface area contributed by atoms with Gasteiger partial charge in [-0.05, 0) is 6.42 Å². The third-order valence-corrected chi connectivity index (χ3v) is 2.78. The summed E-state index contributed by atoms with van der Waals surface area (Å²) in [5.74, 6) is 2.06. The van der Waals surface area contributed by atoms with Gasteiger partial charge in [0.15, 0.2) is 17.5 Å². The van der Waals surface area contributed by atoms with Crippen molar-refractivity contribution in [3.05, 3.63) is 30.3 Å². The molecule has 1 heterocycles. The molecule has 0 saturated carbocycles. The molecule has 5 nitrogen and oxygen atoms in total. The first kappa shape index (κ1) is 13.3. The lowest BCUT2D eigenvalue weighted by molar-refractivity contribution is 0.825. The van der Waals surface area contributed by atoms with E-state index >= 15 is 0 Å². The largest absolute Gasteiger partial charge is 0.370 e. The molecule has 2 rings (SSSR count). The SMILES string of the molecule is CCCCNc1nnc(-c2ccccc2)nc1NC. The predicted octanol–water partition coefficient (Wildman–Crippen LogP) is 2.79. The highest BCUT2D eigenvalue weighted by Gasteiger charge is 2.08. The van der Waals surface area contributed by atoms with E-state index < -0.39 is 0 Å². The van der Waals surface area contributed by atoms with E-state index in [4.69, 9.17) is 0 Å². The molecule has 100 valence electrons. The molecule has 0 aliphatic heterocycles. The maximum absolute atomic E-state index is 4.49. The van der Waals surface area contributed by atoms with E-state index in [2.05, 4.69) is 32.7 Å². The van der Waals surface area contributed by atoms with Gasteiger partial charge >= 0.3 is 0 Å². The molecule has 0 fully saturated rings. The smallest absolute Gasteiger partial charge is 0.191 e. The van der Waals surface area contributed by atoms with Crippen LogP contribution < -0.4 is 10.6 Å². The molecule has 0 radical (unpaired) electrons. The number of hydrogen-bond donors (Lipinski definition) is 2. The fourth-order valence-corrected chi connectivity index (χ4v) is 1.71. The molecule has 2 aromatic rings. The Kier molecular flexibility index (Phi) is 4.66. The van der Waals surface area contributed by atoms with E-state index in [-0.39, 0.29) is 0 Å². The molecule has 0 aliphatic carbocycles. The van der Waals surface area contributed by atoms with Crippen LogP contribution in [0.15, 0.2) is 30.3 Å². The standard InChI is InChI=1S/C14H19N5/c1-3-4-10-16-14-13(15-2)17-12(18-19-14)11-8-6-5-7-9-11/h5-9H,3-4,10H2,1-2H3,(H,16,19)(H,15,17,18). The van der Waals surface area contributed by atoms with Crippen LogP contribution in [0.25, 0.3) is 11.4 Å². The average molecular weight is 257 g/mol. The number of nitrogens with zero attached hydrogens (tertiary/aromatic N) is 3. The molecule has 5 heteroatoms. The van der Waals surface area contributed by atoms with Gasteiger partial charge < -0.3 is 10.6 Å². The second kappa shape index (κ2) is 6.68. The van der Waals surface area contributed by atoms with Crippen LogP contribution in [0.5, 0.6) is 0 Å². The van der Waals surface area contributed by atoms with Crippen molar-refractivity contribution in [2.45, 2.75) is 19.8 Å². The number of anilines is 2. The lowest BCUT2D eigenvalue weighted by Gasteiger charge is -2.09. The minimum Gasteiger partial charge on any atom is -0.370 e. The zero-order valence-electron chi connectivity index (χ0n) is 11.3. The number of unbranched alkanes of at least 4 members (excludes halogenated alkanes) is 1. The van der Waals surface area contributed by atoms with Gasteiger partial charge in [0.2, 0.25) is 0 Å². The third-order valence-electron chi connectivity index (χ3n) is 2.78. The van der Waals surface area contributed by atoms with Crippen LogP contribution in [0.2, 0.25) is 0 Å². The summed E-state index contributed by atoms with van der Waals surface area (Å²) in [5.41, 5.74) is 0.964. The zero-order chi connectivity index (χ0) is 13.5. The topological polar surface area (TPSA) is 62.7 Å². The fraction of sp³-hybridized carbons (Fsp3) is 0.357. The van der Waals surface area contributed by atoms with Crippen molar-refractivity contribution >= 4 is 11.6 Å². The van der Waals surface area contributed by atoms with E-state index in [1.165, 1.54) is 0 Å². The summed E-state index contributed by atoms with van der Waals surface area (Å²) in [5, 5.41) is 14.7. The highest BCUT2D eigenvalue weighted by atomic mass is 15.2. The fourth-order valence-electron chi connectivity index (χ4n) is 1.71. The first-order chi connectivity index (χ1) is 9.35. The summed E-state index contributed by atoms with van der Waals surface area (Å²) in [4.78, 5) is 4.49. The summed E-state index contributed by atoms with van der Waals surface area (Å²) >= 11 is 0. The molecule has 0 unspecified atom stereocenters. The minimum atomic E-state index is 0.631. The van der Waals surface area contributed by atoms with Gasteiger partial charge in [-0.15, -0.1) is 10.2 Å². The van der Waals surface area contributed by atoms with Gasteiger partial charge in [-0.3, -0.25) is 0 Å². The van der Waals surface area contributed by atoms with Crippen LogP contribution in [-0.4, -0.2) is 28.8 Å². The normalized spacial score (nSPS) is 10.2. The predicted molar refractivity (Wildman–Crippen MR) is 78.2 cm³/mol. The van der Waals surface area contributed by atoms with Gasteiger partial charge in [-0.25, -0.2) is 4.98 Å². The van der Waals surface area contributed by atoms with Gasteiger partial charge in [-0.2, -0.15) is 0 Å². The highest BCUT2D eigenvalue weighted by Crippen LogP contribution is 2.19. The van der Waals surface area contributed by atoms with E-state index in [1.54, 1.807) is 0 Å². The van der Waals surface area contributed by atoms with Crippen molar-refractivity contribution in [1.29, 1.82) is 0 Å². The van der Waals surface area contributed by atoms with Crippen LogP contribution in [0.1, 0.15) is 19.8 Å². The molecule has 0 amide bonds. The molecule has 0 bridgehead atoms. The molecule has 0 aliphatic rings. The van der Waals surface area contributed by atoms with Crippen molar-refractivity contribution in [2.75, 3.05) is 24.2 Å². The average Bonchev–Trinajstić information content (AvgIpc) is 2.48. The Balaban J connectivity index is 2.21. The minimum absolute atomic E-state index is 0.631. The Morgan fingerprint density at radius 3 is 2.53 bits per heavy atom. The van der Waals surface area contributed by atoms with E-state index in [9.17, 15) is 0 Å². The Morgan fingerprint density at radius 2 is 1.84 bits per heavy atom. The summed E-state index contributed by atoms with van der Waals surface area (Å²) < 4.78 is 0. The summed E-state index contributed by atoms with van der Waals surface area (Å²) in [6, 6.07) is 9.84. The first-order valence-electron chi connectivity index (χ1n) is 6.57. The van der Waals surface area contributed by atoms with Gasteiger partial charge in [0.25, 0.3) is 0 Å². The van der Waals surface area contributed by atoms with Crippen LogP contribution in [-0.2, 0) is 0 Å². The van der Waals surface area contributed by atoms with Crippen LogP contribution in [0, 0.1) is 0 Å². The molecule has 19 heavy (non-hydrogen) atoms. The second-order valence-electron chi connectivity index (χ2n) is 4.23. The van der Waals surface area contributed by atoms with Crippen LogP contribution >= 0.6 is 0 Å². The quantitative estimate of drug-likeness (QED) is 0.779. The van der Waals surface area contributed by atoms with Gasteiger partial charge in [-0.1, -0.05) is 43.7 Å². The number of nitrogens with one attached hydrogen (secondary N) is 2. The van der Waals surface area contributed by atoms with Crippen LogP contribution in [0.3, 0.4) is 0 Å². The molecule has 0 spiro atoms. The van der Waals surface area contributed by atoms with E-state index in [0.717, 1.165) is 30.8 Å². The van der Waals surface area contributed by atoms with Crippen molar-refractivity contribution in [1.82, 2.24) is 15.2 Å². The first-order valence-corrected chi connectivity index (χ1v) is 6.57. The summed E-state index contributed by atoms with van der Waals surface area (Å²) in [7, 11) is 1.84.